The third-order valence-corrected chi connectivity index (χ3v) is 3.52. The number of hydrazine groups is 1. The monoisotopic (exact) mass is 373 g/mol. The van der Waals surface area contributed by atoms with E-state index < -0.39 is 29.6 Å². The van der Waals surface area contributed by atoms with Crippen LogP contribution in [0.1, 0.15) is 22.8 Å². The van der Waals surface area contributed by atoms with Crippen LogP contribution in [0.25, 0.3) is 0 Å². The van der Waals surface area contributed by atoms with Crippen molar-refractivity contribution in [3.63, 3.8) is 0 Å². The van der Waals surface area contributed by atoms with Crippen molar-refractivity contribution < 1.29 is 23.5 Å². The minimum absolute atomic E-state index is 0.0723. The molecule has 27 heavy (non-hydrogen) atoms. The third-order valence-electron chi connectivity index (χ3n) is 3.52. The van der Waals surface area contributed by atoms with Crippen molar-refractivity contribution in [2.24, 2.45) is 0 Å². The Kier molecular flexibility index (Phi) is 6.87. The molecule has 1 atom stereocenters. The van der Waals surface area contributed by atoms with Crippen molar-refractivity contribution >= 4 is 17.7 Å². The number of hydrogen-bond acceptors (Lipinski definition) is 4. The van der Waals surface area contributed by atoms with Crippen molar-refractivity contribution in [3.05, 3.63) is 65.5 Å². The fourth-order valence-electron chi connectivity index (χ4n) is 2.11. The molecule has 0 spiro atoms. The quantitative estimate of drug-likeness (QED) is 0.668. The van der Waals surface area contributed by atoms with Gasteiger partial charge in [0.25, 0.3) is 17.7 Å². The highest BCUT2D eigenvalue weighted by molar-refractivity contribution is 5.96. The molecule has 0 saturated heterocycles. The summed E-state index contributed by atoms with van der Waals surface area (Å²) in [7, 11) is 0. The summed E-state index contributed by atoms with van der Waals surface area (Å²) in [5.74, 6) is -2.37. The number of nitrogens with one attached hydrogen (secondary N) is 3. The average Bonchev–Trinajstić information content (AvgIpc) is 2.65. The Morgan fingerprint density at radius 3 is 2.52 bits per heavy atom. The van der Waals surface area contributed by atoms with Gasteiger partial charge >= 0.3 is 0 Å². The molecule has 0 aliphatic carbocycles. The number of amides is 3. The van der Waals surface area contributed by atoms with Crippen LogP contribution in [-0.4, -0.2) is 30.4 Å². The van der Waals surface area contributed by atoms with Crippen LogP contribution in [0.2, 0.25) is 0 Å². The predicted octanol–water partition coefficient (Wildman–Crippen LogP) is 1.48. The summed E-state index contributed by atoms with van der Waals surface area (Å²) in [4.78, 5) is 35.6. The largest absolute Gasteiger partial charge is 0.478 e. The number of hydrogen-bond donors (Lipinski definition) is 3. The van der Waals surface area contributed by atoms with Crippen LogP contribution in [0.3, 0.4) is 0 Å². The summed E-state index contributed by atoms with van der Waals surface area (Å²) in [6.07, 6.45) is -1.04. The fourth-order valence-corrected chi connectivity index (χ4v) is 2.11. The van der Waals surface area contributed by atoms with E-state index >= 15 is 0 Å². The van der Waals surface area contributed by atoms with Gasteiger partial charge in [-0.05, 0) is 38.1 Å². The van der Waals surface area contributed by atoms with E-state index in [1.165, 1.54) is 25.1 Å². The second kappa shape index (κ2) is 9.33. The third kappa shape index (κ3) is 6.10. The lowest BCUT2D eigenvalue weighted by Gasteiger charge is -2.15. The van der Waals surface area contributed by atoms with Crippen LogP contribution in [0.5, 0.6) is 5.75 Å². The molecule has 3 amide bonds. The summed E-state index contributed by atoms with van der Waals surface area (Å²) in [6.45, 7) is 2.94. The molecule has 142 valence electrons. The van der Waals surface area contributed by atoms with Gasteiger partial charge in [0.05, 0.1) is 6.54 Å². The summed E-state index contributed by atoms with van der Waals surface area (Å²) in [6, 6.07) is 12.6. The average molecular weight is 373 g/mol. The number of carbonyl (C=O) groups is 3. The van der Waals surface area contributed by atoms with Crippen molar-refractivity contribution in [2.75, 3.05) is 6.54 Å². The number of carbonyl (C=O) groups excluding carboxylic acids is 3. The van der Waals surface area contributed by atoms with Crippen molar-refractivity contribution in [2.45, 2.75) is 20.0 Å². The van der Waals surface area contributed by atoms with E-state index in [0.29, 0.717) is 5.56 Å². The number of halogens is 1. The molecule has 1 unspecified atom stereocenters. The molecule has 2 rings (SSSR count). The zero-order valence-electron chi connectivity index (χ0n) is 14.9. The highest BCUT2D eigenvalue weighted by atomic mass is 19.1. The molecular weight excluding hydrogens is 353 g/mol. The topological polar surface area (TPSA) is 96.5 Å². The Hall–Kier alpha value is -3.42. The van der Waals surface area contributed by atoms with Crippen molar-refractivity contribution in [1.29, 1.82) is 0 Å². The van der Waals surface area contributed by atoms with E-state index in [4.69, 9.17) is 4.74 Å². The van der Waals surface area contributed by atoms with Crippen LogP contribution >= 0.6 is 0 Å². The van der Waals surface area contributed by atoms with E-state index in [-0.39, 0.29) is 12.3 Å². The summed E-state index contributed by atoms with van der Waals surface area (Å²) in [5.41, 5.74) is 5.66. The van der Waals surface area contributed by atoms with Gasteiger partial charge in [0.15, 0.2) is 17.7 Å². The first kappa shape index (κ1) is 19.9. The molecule has 0 aromatic heterocycles. The normalized spacial score (nSPS) is 11.2. The first-order valence-electron chi connectivity index (χ1n) is 8.21. The lowest BCUT2D eigenvalue weighted by Crippen LogP contribution is -2.50. The van der Waals surface area contributed by atoms with Gasteiger partial charge in [-0.15, -0.1) is 0 Å². The van der Waals surface area contributed by atoms with Crippen LogP contribution in [0, 0.1) is 12.7 Å². The molecule has 2 aromatic rings. The van der Waals surface area contributed by atoms with E-state index in [2.05, 4.69) is 16.2 Å². The number of aryl methyl sites for hydroxylation is 1. The molecule has 2 aromatic carbocycles. The number of rotatable bonds is 6. The van der Waals surface area contributed by atoms with E-state index in [1.807, 2.05) is 13.0 Å². The second-order valence-corrected chi connectivity index (χ2v) is 5.78. The van der Waals surface area contributed by atoms with Gasteiger partial charge in [-0.25, -0.2) is 4.39 Å². The van der Waals surface area contributed by atoms with Crippen molar-refractivity contribution in [3.8, 4) is 5.75 Å². The standard InChI is InChI=1S/C19H20FN3O4/c1-12-6-5-7-14(10-12)19(26)21-11-17(24)22-23-18(25)13(2)27-16-9-4-3-8-15(16)20/h3-10,13H,11H2,1-2H3,(H,21,26)(H,22,24)(H,23,25). The molecule has 0 heterocycles. The molecule has 8 heteroatoms. The van der Waals surface area contributed by atoms with Gasteiger partial charge in [-0.2, -0.15) is 0 Å². The minimum Gasteiger partial charge on any atom is -0.478 e. The molecule has 0 aliphatic heterocycles. The number of benzene rings is 2. The second-order valence-electron chi connectivity index (χ2n) is 5.78. The zero-order chi connectivity index (χ0) is 19.8. The van der Waals surface area contributed by atoms with Gasteiger partial charge in [0.1, 0.15) is 0 Å². The molecule has 3 N–H and O–H groups in total. The molecule has 0 aliphatic rings. The molecule has 0 saturated carbocycles. The first-order valence-corrected chi connectivity index (χ1v) is 8.21. The van der Waals surface area contributed by atoms with Crippen LogP contribution in [-0.2, 0) is 9.59 Å². The summed E-state index contributed by atoms with van der Waals surface area (Å²) in [5, 5.41) is 2.44. The van der Waals surface area contributed by atoms with Crippen LogP contribution < -0.4 is 20.9 Å². The Morgan fingerprint density at radius 2 is 1.81 bits per heavy atom. The van der Waals surface area contributed by atoms with Crippen LogP contribution in [0.4, 0.5) is 4.39 Å². The number of para-hydroxylation sites is 1. The van der Waals surface area contributed by atoms with Gasteiger partial charge in [0, 0.05) is 5.56 Å². The molecule has 7 nitrogen and oxygen atoms in total. The highest BCUT2D eigenvalue weighted by Gasteiger charge is 2.17. The summed E-state index contributed by atoms with van der Waals surface area (Å²) < 4.78 is 18.7. The molecule has 0 bridgehead atoms. The lowest BCUT2D eigenvalue weighted by atomic mass is 10.1. The van der Waals surface area contributed by atoms with Gasteiger partial charge in [0.2, 0.25) is 0 Å². The molecule has 0 fully saturated rings. The van der Waals surface area contributed by atoms with Gasteiger partial charge < -0.3 is 10.1 Å². The van der Waals surface area contributed by atoms with Gasteiger partial charge in [-0.1, -0.05) is 29.8 Å². The minimum atomic E-state index is -1.04. The fraction of sp³-hybridized carbons (Fsp3) is 0.211. The highest BCUT2D eigenvalue weighted by Crippen LogP contribution is 2.16. The molecular formula is C19H20FN3O4. The van der Waals surface area contributed by atoms with E-state index in [9.17, 15) is 18.8 Å². The van der Waals surface area contributed by atoms with Crippen molar-refractivity contribution in [1.82, 2.24) is 16.2 Å². The zero-order valence-corrected chi connectivity index (χ0v) is 14.9. The Balaban J connectivity index is 1.75. The Morgan fingerprint density at radius 1 is 1.07 bits per heavy atom. The Labute approximate surface area is 155 Å². The summed E-state index contributed by atoms with van der Waals surface area (Å²) >= 11 is 0. The smallest absolute Gasteiger partial charge is 0.279 e. The van der Waals surface area contributed by atoms with E-state index in [1.54, 1.807) is 24.3 Å². The Bertz CT molecular complexity index is 841. The maximum Gasteiger partial charge on any atom is 0.279 e. The number of ether oxygens (including phenoxy) is 1. The maximum atomic E-state index is 13.5. The lowest BCUT2D eigenvalue weighted by molar-refractivity contribution is -0.132. The van der Waals surface area contributed by atoms with Gasteiger partial charge in [-0.3, -0.25) is 25.2 Å². The molecule has 0 radical (unpaired) electrons. The SMILES string of the molecule is Cc1cccc(C(=O)NCC(=O)NNC(=O)C(C)Oc2ccccc2F)c1. The van der Waals surface area contributed by atoms with Crippen LogP contribution in [0.15, 0.2) is 48.5 Å². The first-order chi connectivity index (χ1) is 12.9. The predicted molar refractivity (Wildman–Crippen MR) is 96.3 cm³/mol. The maximum absolute atomic E-state index is 13.5. The van der Waals surface area contributed by atoms with E-state index in [0.717, 1.165) is 5.56 Å².